The summed E-state index contributed by atoms with van der Waals surface area (Å²) >= 11 is 0. The number of ether oxygens (including phenoxy) is 1. The van der Waals surface area contributed by atoms with Crippen LogP contribution >= 0.6 is 0 Å². The van der Waals surface area contributed by atoms with E-state index in [4.69, 9.17) is 4.74 Å². The van der Waals surface area contributed by atoms with Gasteiger partial charge in [0.1, 0.15) is 5.75 Å². The van der Waals surface area contributed by atoms with E-state index in [1.165, 1.54) is 32.4 Å². The average molecular weight is 373 g/mol. The molecule has 1 aromatic rings. The maximum absolute atomic E-state index is 12.5. The Bertz CT molecular complexity index is 643. The number of likely N-dealkylation sites (tertiary alicyclic amines) is 1. The predicted molar refractivity (Wildman–Crippen MR) is 106 cm³/mol. The third-order valence-electron chi connectivity index (χ3n) is 5.35. The summed E-state index contributed by atoms with van der Waals surface area (Å²) in [7, 11) is 0. The number of rotatable bonds is 8. The lowest BCUT2D eigenvalue weighted by atomic mass is 10.1. The molecule has 148 valence electrons. The summed E-state index contributed by atoms with van der Waals surface area (Å²) < 4.78 is 5.63. The minimum absolute atomic E-state index is 0.0154. The summed E-state index contributed by atoms with van der Waals surface area (Å²) in [6.07, 6.45) is 5.14. The van der Waals surface area contributed by atoms with Crippen LogP contribution in [-0.2, 0) is 9.59 Å². The van der Waals surface area contributed by atoms with E-state index in [1.54, 1.807) is 4.90 Å². The highest BCUT2D eigenvalue weighted by molar-refractivity contribution is 6.01. The number of amides is 2. The van der Waals surface area contributed by atoms with Crippen LogP contribution in [0.2, 0.25) is 0 Å². The maximum atomic E-state index is 12.5. The largest absolute Gasteiger partial charge is 0.492 e. The van der Waals surface area contributed by atoms with Crippen molar-refractivity contribution in [1.82, 2.24) is 10.2 Å². The van der Waals surface area contributed by atoms with Crippen LogP contribution in [0.5, 0.6) is 5.75 Å². The van der Waals surface area contributed by atoms with Crippen molar-refractivity contribution in [2.45, 2.75) is 39.0 Å². The molecule has 2 fully saturated rings. The van der Waals surface area contributed by atoms with Crippen molar-refractivity contribution >= 4 is 17.5 Å². The number of nitrogens with one attached hydrogen (secondary N) is 1. The molecule has 0 radical (unpaired) electrons. The van der Waals surface area contributed by atoms with Crippen LogP contribution in [-0.4, -0.2) is 56.0 Å². The zero-order valence-corrected chi connectivity index (χ0v) is 16.3. The number of nitrogens with zero attached hydrogens (tertiary/aromatic N) is 2. The van der Waals surface area contributed by atoms with E-state index in [0.717, 1.165) is 18.7 Å². The fraction of sp³-hybridized carbons (Fsp3) is 0.619. The van der Waals surface area contributed by atoms with Gasteiger partial charge in [0, 0.05) is 19.5 Å². The van der Waals surface area contributed by atoms with Gasteiger partial charge in [0.15, 0.2) is 0 Å². The van der Waals surface area contributed by atoms with Gasteiger partial charge < -0.3 is 19.9 Å². The van der Waals surface area contributed by atoms with E-state index in [1.807, 2.05) is 31.2 Å². The number of carbonyl (C=O) groups is 2. The van der Waals surface area contributed by atoms with Crippen LogP contribution < -0.4 is 15.0 Å². The first-order valence-electron chi connectivity index (χ1n) is 10.2. The van der Waals surface area contributed by atoms with Gasteiger partial charge >= 0.3 is 0 Å². The minimum Gasteiger partial charge on any atom is -0.492 e. The molecule has 0 spiro atoms. The Morgan fingerprint density at radius 3 is 2.78 bits per heavy atom. The second-order valence-electron chi connectivity index (χ2n) is 7.35. The van der Waals surface area contributed by atoms with Crippen LogP contribution in [0.4, 0.5) is 5.69 Å². The van der Waals surface area contributed by atoms with Gasteiger partial charge in [0.2, 0.25) is 11.8 Å². The van der Waals surface area contributed by atoms with Crippen molar-refractivity contribution in [3.63, 3.8) is 0 Å². The van der Waals surface area contributed by atoms with E-state index in [0.29, 0.717) is 25.4 Å². The van der Waals surface area contributed by atoms with Gasteiger partial charge in [-0.15, -0.1) is 0 Å². The molecule has 6 heteroatoms. The molecule has 1 atom stereocenters. The summed E-state index contributed by atoms with van der Waals surface area (Å²) in [5.74, 6) is 0.368. The van der Waals surface area contributed by atoms with Crippen molar-refractivity contribution in [2.24, 2.45) is 5.92 Å². The first kappa shape index (κ1) is 19.7. The average Bonchev–Trinajstić information content (AvgIpc) is 3.08. The van der Waals surface area contributed by atoms with E-state index < -0.39 is 0 Å². The molecule has 1 N–H and O–H groups in total. The fourth-order valence-corrected chi connectivity index (χ4v) is 3.92. The molecular weight excluding hydrogens is 342 g/mol. The predicted octanol–water partition coefficient (Wildman–Crippen LogP) is 2.43. The number of para-hydroxylation sites is 2. The molecule has 2 heterocycles. The van der Waals surface area contributed by atoms with Crippen LogP contribution in [0.3, 0.4) is 0 Å². The summed E-state index contributed by atoms with van der Waals surface area (Å²) in [6, 6.07) is 7.52. The molecular formula is C21H31N3O3. The van der Waals surface area contributed by atoms with Crippen molar-refractivity contribution in [2.75, 3.05) is 44.2 Å². The molecule has 2 saturated heterocycles. The number of hydrogen-bond acceptors (Lipinski definition) is 4. The molecule has 0 aromatic heterocycles. The monoisotopic (exact) mass is 373 g/mol. The van der Waals surface area contributed by atoms with Gasteiger partial charge in [0.05, 0.1) is 18.2 Å². The molecule has 2 aliphatic heterocycles. The molecule has 0 saturated carbocycles. The van der Waals surface area contributed by atoms with Crippen molar-refractivity contribution in [1.29, 1.82) is 0 Å². The SMILES string of the molecule is CCOc1ccccc1N1CC(C(=O)NCCCN2CCCCC2)CC1=O. The molecule has 2 amide bonds. The lowest BCUT2D eigenvalue weighted by Crippen LogP contribution is -2.36. The van der Waals surface area contributed by atoms with Gasteiger partial charge in [0.25, 0.3) is 0 Å². The highest BCUT2D eigenvalue weighted by Crippen LogP contribution is 2.33. The Hall–Kier alpha value is -2.08. The highest BCUT2D eigenvalue weighted by Gasteiger charge is 2.36. The van der Waals surface area contributed by atoms with Crippen molar-refractivity contribution < 1.29 is 14.3 Å². The summed E-state index contributed by atoms with van der Waals surface area (Å²) in [5.41, 5.74) is 0.754. The standard InChI is InChI=1S/C21H31N3O3/c1-2-27-19-10-5-4-9-18(19)24-16-17(15-20(24)25)21(26)22-11-8-14-23-12-6-3-7-13-23/h4-5,9-10,17H,2-3,6-8,11-16H2,1H3,(H,22,26). The maximum Gasteiger partial charge on any atom is 0.227 e. The summed E-state index contributed by atoms with van der Waals surface area (Å²) in [6.45, 7) is 6.95. The number of piperidine rings is 1. The molecule has 0 bridgehead atoms. The van der Waals surface area contributed by atoms with Crippen LogP contribution in [0.15, 0.2) is 24.3 Å². The van der Waals surface area contributed by atoms with Gasteiger partial charge in [-0.3, -0.25) is 9.59 Å². The molecule has 6 nitrogen and oxygen atoms in total. The van der Waals surface area contributed by atoms with E-state index in [-0.39, 0.29) is 24.2 Å². The van der Waals surface area contributed by atoms with Crippen molar-refractivity contribution in [3.8, 4) is 5.75 Å². The Morgan fingerprint density at radius 2 is 2.00 bits per heavy atom. The van der Waals surface area contributed by atoms with Gasteiger partial charge in [-0.2, -0.15) is 0 Å². The van der Waals surface area contributed by atoms with E-state index in [9.17, 15) is 9.59 Å². The smallest absolute Gasteiger partial charge is 0.227 e. The highest BCUT2D eigenvalue weighted by atomic mass is 16.5. The number of benzene rings is 1. The minimum atomic E-state index is -0.290. The Morgan fingerprint density at radius 1 is 1.22 bits per heavy atom. The quantitative estimate of drug-likeness (QED) is 0.711. The molecule has 2 aliphatic rings. The molecule has 1 unspecified atom stereocenters. The van der Waals surface area contributed by atoms with Gasteiger partial charge in [-0.1, -0.05) is 18.6 Å². The van der Waals surface area contributed by atoms with Gasteiger partial charge in [-0.25, -0.2) is 0 Å². The molecule has 27 heavy (non-hydrogen) atoms. The Labute approximate surface area is 161 Å². The summed E-state index contributed by atoms with van der Waals surface area (Å²) in [4.78, 5) is 29.1. The Kier molecular flexibility index (Phi) is 7.10. The van der Waals surface area contributed by atoms with Crippen LogP contribution in [0.1, 0.15) is 39.0 Å². The fourth-order valence-electron chi connectivity index (χ4n) is 3.92. The van der Waals surface area contributed by atoms with Crippen molar-refractivity contribution in [3.05, 3.63) is 24.3 Å². The van der Waals surface area contributed by atoms with Crippen LogP contribution in [0.25, 0.3) is 0 Å². The molecule has 1 aromatic carbocycles. The number of hydrogen-bond donors (Lipinski definition) is 1. The zero-order chi connectivity index (χ0) is 19.1. The lowest BCUT2D eigenvalue weighted by Gasteiger charge is -2.26. The second kappa shape index (κ2) is 9.74. The normalized spacial score (nSPS) is 20.7. The number of anilines is 1. The molecule has 0 aliphatic carbocycles. The first-order chi connectivity index (χ1) is 13.2. The van der Waals surface area contributed by atoms with E-state index in [2.05, 4.69) is 10.2 Å². The van der Waals surface area contributed by atoms with Crippen LogP contribution in [0, 0.1) is 5.92 Å². The lowest BCUT2D eigenvalue weighted by molar-refractivity contribution is -0.126. The first-order valence-corrected chi connectivity index (χ1v) is 10.2. The topological polar surface area (TPSA) is 61.9 Å². The van der Waals surface area contributed by atoms with E-state index >= 15 is 0 Å². The third kappa shape index (κ3) is 5.22. The third-order valence-corrected chi connectivity index (χ3v) is 5.35. The Balaban J connectivity index is 1.47. The summed E-state index contributed by atoms with van der Waals surface area (Å²) in [5, 5.41) is 3.02. The molecule has 3 rings (SSSR count). The second-order valence-corrected chi connectivity index (χ2v) is 7.35. The number of carbonyl (C=O) groups excluding carboxylic acids is 2. The zero-order valence-electron chi connectivity index (χ0n) is 16.3. The van der Waals surface area contributed by atoms with Gasteiger partial charge in [-0.05, 0) is 58.0 Å².